The molecule has 0 heterocycles. The summed E-state index contributed by atoms with van der Waals surface area (Å²) in [6.45, 7) is 7.50. The fraction of sp³-hybridized carbons (Fsp3) is 0.909. The van der Waals surface area contributed by atoms with Crippen LogP contribution in [0.25, 0.3) is 0 Å². The summed E-state index contributed by atoms with van der Waals surface area (Å²) in [6.07, 6.45) is 0.000966. The standard InChI is InChI=1S/C11H22N2O3S/c1-5-10(7-12)17(15,16)13-8-9(14)6-11(2,3)4/h9-10,13-14H,5-6,8H2,1-4H3. The van der Waals surface area contributed by atoms with Crippen LogP contribution in [-0.2, 0) is 10.0 Å². The average Bonchev–Trinajstić information content (AvgIpc) is 2.14. The van der Waals surface area contributed by atoms with E-state index in [0.717, 1.165) is 0 Å². The van der Waals surface area contributed by atoms with E-state index in [4.69, 9.17) is 5.26 Å². The van der Waals surface area contributed by atoms with Crippen LogP contribution in [-0.4, -0.2) is 31.4 Å². The van der Waals surface area contributed by atoms with Gasteiger partial charge in [-0.3, -0.25) is 0 Å². The lowest BCUT2D eigenvalue weighted by molar-refractivity contribution is 0.125. The summed E-state index contributed by atoms with van der Waals surface area (Å²) in [5.41, 5.74) is -0.0652. The monoisotopic (exact) mass is 262 g/mol. The van der Waals surface area contributed by atoms with Gasteiger partial charge in [-0.05, 0) is 18.3 Å². The van der Waals surface area contributed by atoms with Crippen molar-refractivity contribution in [2.75, 3.05) is 6.54 Å². The molecule has 0 saturated carbocycles. The van der Waals surface area contributed by atoms with Crippen LogP contribution in [0.15, 0.2) is 0 Å². The van der Waals surface area contributed by atoms with Gasteiger partial charge in [0, 0.05) is 6.54 Å². The smallest absolute Gasteiger partial charge is 0.228 e. The summed E-state index contributed by atoms with van der Waals surface area (Å²) >= 11 is 0. The molecule has 0 bridgehead atoms. The van der Waals surface area contributed by atoms with Gasteiger partial charge in [-0.1, -0.05) is 27.7 Å². The van der Waals surface area contributed by atoms with E-state index in [-0.39, 0.29) is 18.4 Å². The Kier molecular flexibility index (Phi) is 6.10. The minimum Gasteiger partial charge on any atom is -0.392 e. The second-order valence-corrected chi connectivity index (χ2v) is 7.29. The van der Waals surface area contributed by atoms with E-state index in [0.29, 0.717) is 6.42 Å². The van der Waals surface area contributed by atoms with E-state index in [9.17, 15) is 13.5 Å². The first kappa shape index (κ1) is 16.4. The van der Waals surface area contributed by atoms with Crippen LogP contribution in [0.2, 0.25) is 0 Å². The van der Waals surface area contributed by atoms with Gasteiger partial charge in [-0.25, -0.2) is 13.1 Å². The van der Waals surface area contributed by atoms with Crippen molar-refractivity contribution in [3.8, 4) is 6.07 Å². The van der Waals surface area contributed by atoms with Crippen molar-refractivity contribution in [1.29, 1.82) is 5.26 Å². The van der Waals surface area contributed by atoms with Gasteiger partial charge in [-0.2, -0.15) is 5.26 Å². The highest BCUT2D eigenvalue weighted by Gasteiger charge is 2.25. The van der Waals surface area contributed by atoms with Crippen LogP contribution in [0.4, 0.5) is 0 Å². The van der Waals surface area contributed by atoms with E-state index >= 15 is 0 Å². The van der Waals surface area contributed by atoms with Gasteiger partial charge in [0.1, 0.15) is 0 Å². The molecule has 0 spiro atoms. The molecule has 0 aromatic carbocycles. The van der Waals surface area contributed by atoms with Crippen molar-refractivity contribution in [3.63, 3.8) is 0 Å². The topological polar surface area (TPSA) is 90.2 Å². The molecule has 0 aromatic heterocycles. The molecular formula is C11H22N2O3S. The molecule has 5 nitrogen and oxygen atoms in total. The molecule has 0 aliphatic carbocycles. The molecule has 0 aliphatic heterocycles. The first-order valence-corrected chi connectivity index (χ1v) is 7.23. The van der Waals surface area contributed by atoms with Crippen molar-refractivity contribution in [1.82, 2.24) is 4.72 Å². The molecule has 2 N–H and O–H groups in total. The predicted molar refractivity (Wildman–Crippen MR) is 66.7 cm³/mol. The van der Waals surface area contributed by atoms with E-state index in [1.165, 1.54) is 0 Å². The lowest BCUT2D eigenvalue weighted by atomic mass is 9.89. The van der Waals surface area contributed by atoms with Gasteiger partial charge in [0.05, 0.1) is 12.2 Å². The Hall–Kier alpha value is -0.640. The number of nitriles is 1. The molecular weight excluding hydrogens is 240 g/mol. The lowest BCUT2D eigenvalue weighted by Gasteiger charge is -2.22. The van der Waals surface area contributed by atoms with Crippen molar-refractivity contribution < 1.29 is 13.5 Å². The molecule has 0 aromatic rings. The zero-order chi connectivity index (χ0) is 13.7. The fourth-order valence-corrected chi connectivity index (χ4v) is 2.68. The first-order chi connectivity index (χ1) is 7.62. The molecule has 17 heavy (non-hydrogen) atoms. The van der Waals surface area contributed by atoms with Crippen molar-refractivity contribution in [2.24, 2.45) is 5.41 Å². The molecule has 6 heteroatoms. The Morgan fingerprint density at radius 2 is 1.94 bits per heavy atom. The lowest BCUT2D eigenvalue weighted by Crippen LogP contribution is -2.39. The number of hydrogen-bond donors (Lipinski definition) is 2. The highest BCUT2D eigenvalue weighted by atomic mass is 32.2. The summed E-state index contributed by atoms with van der Waals surface area (Å²) in [4.78, 5) is 0. The third kappa shape index (κ3) is 6.61. The second-order valence-electron chi connectivity index (χ2n) is 5.34. The van der Waals surface area contributed by atoms with Gasteiger partial charge >= 0.3 is 0 Å². The number of hydrogen-bond acceptors (Lipinski definition) is 4. The van der Waals surface area contributed by atoms with Crippen molar-refractivity contribution in [2.45, 2.75) is 51.9 Å². The maximum absolute atomic E-state index is 11.6. The van der Waals surface area contributed by atoms with Gasteiger partial charge in [0.15, 0.2) is 5.25 Å². The number of rotatable bonds is 6. The molecule has 2 atom stereocenters. The highest BCUT2D eigenvalue weighted by Crippen LogP contribution is 2.20. The van der Waals surface area contributed by atoms with E-state index in [1.54, 1.807) is 13.0 Å². The molecule has 0 radical (unpaired) electrons. The third-order valence-corrected chi connectivity index (χ3v) is 4.01. The summed E-state index contributed by atoms with van der Waals surface area (Å²) in [5.74, 6) is 0. The van der Waals surface area contributed by atoms with Gasteiger partial charge < -0.3 is 5.11 Å². The molecule has 0 saturated heterocycles. The molecule has 0 amide bonds. The molecule has 0 aliphatic rings. The van der Waals surface area contributed by atoms with Crippen LogP contribution in [0.1, 0.15) is 40.5 Å². The highest BCUT2D eigenvalue weighted by molar-refractivity contribution is 7.90. The Morgan fingerprint density at radius 1 is 1.41 bits per heavy atom. The van der Waals surface area contributed by atoms with Gasteiger partial charge in [-0.15, -0.1) is 0 Å². The number of nitrogens with zero attached hydrogens (tertiary/aromatic N) is 1. The van der Waals surface area contributed by atoms with Gasteiger partial charge in [0.2, 0.25) is 10.0 Å². The predicted octanol–water partition coefficient (Wildman–Crippen LogP) is 1.01. The van der Waals surface area contributed by atoms with E-state index in [2.05, 4.69) is 4.72 Å². The number of aliphatic hydroxyl groups is 1. The Balaban J connectivity index is 4.34. The quantitative estimate of drug-likeness (QED) is 0.747. The van der Waals surface area contributed by atoms with E-state index < -0.39 is 21.4 Å². The van der Waals surface area contributed by atoms with Crippen molar-refractivity contribution in [3.05, 3.63) is 0 Å². The summed E-state index contributed by atoms with van der Waals surface area (Å²) in [5, 5.41) is 17.3. The number of sulfonamides is 1. The van der Waals surface area contributed by atoms with Gasteiger partial charge in [0.25, 0.3) is 0 Å². The normalized spacial score (nSPS) is 16.2. The summed E-state index contributed by atoms with van der Waals surface area (Å²) < 4.78 is 25.5. The molecule has 0 rings (SSSR count). The van der Waals surface area contributed by atoms with Crippen LogP contribution in [0.3, 0.4) is 0 Å². The van der Waals surface area contributed by atoms with Crippen LogP contribution >= 0.6 is 0 Å². The second kappa shape index (κ2) is 6.34. The van der Waals surface area contributed by atoms with E-state index in [1.807, 2.05) is 20.8 Å². The Morgan fingerprint density at radius 3 is 2.29 bits per heavy atom. The fourth-order valence-electron chi connectivity index (χ4n) is 1.47. The number of nitrogens with one attached hydrogen (secondary N) is 1. The first-order valence-electron chi connectivity index (χ1n) is 5.68. The maximum Gasteiger partial charge on any atom is 0.228 e. The summed E-state index contributed by atoms with van der Waals surface area (Å²) in [7, 11) is -3.64. The zero-order valence-corrected chi connectivity index (χ0v) is 11.7. The minimum absolute atomic E-state index is 0.0439. The summed E-state index contributed by atoms with van der Waals surface area (Å²) in [6, 6.07) is 1.73. The molecule has 0 fully saturated rings. The van der Waals surface area contributed by atoms with Crippen molar-refractivity contribution >= 4 is 10.0 Å². The third-order valence-electron chi connectivity index (χ3n) is 2.26. The van der Waals surface area contributed by atoms with Crippen LogP contribution in [0.5, 0.6) is 0 Å². The maximum atomic E-state index is 11.6. The Labute approximate surface area is 104 Å². The SMILES string of the molecule is CCC(C#N)S(=O)(=O)NCC(O)CC(C)(C)C. The number of aliphatic hydroxyl groups excluding tert-OH is 1. The van der Waals surface area contributed by atoms with Crippen LogP contribution in [0, 0.1) is 16.7 Å². The zero-order valence-electron chi connectivity index (χ0n) is 10.9. The average molecular weight is 262 g/mol. The largest absolute Gasteiger partial charge is 0.392 e. The molecule has 2 unspecified atom stereocenters. The Bertz CT molecular complexity index is 365. The minimum atomic E-state index is -3.64. The molecule has 100 valence electrons. The van der Waals surface area contributed by atoms with Crippen LogP contribution < -0.4 is 4.72 Å².